The molecular weight excluding hydrogens is 416 g/mol. The fourth-order valence-electron chi connectivity index (χ4n) is 3.56. The Balaban J connectivity index is 1.61. The minimum Gasteiger partial charge on any atom is -0.494 e. The maximum Gasteiger partial charge on any atom is 0.223 e. The Hall–Kier alpha value is -2.27. The molecule has 0 atom stereocenters. The number of amides is 1. The Morgan fingerprint density at radius 1 is 1.21 bits per heavy atom. The second-order valence-corrected chi connectivity index (χ2v) is 8.16. The Morgan fingerprint density at radius 3 is 2.79 bits per heavy atom. The Bertz CT molecular complexity index is 991. The molecule has 1 amide bonds. The Kier molecular flexibility index (Phi) is 5.72. The normalized spacial score (nSPS) is 13.6. The van der Waals surface area contributed by atoms with Gasteiger partial charge in [0.1, 0.15) is 5.75 Å². The van der Waals surface area contributed by atoms with Gasteiger partial charge in [0.15, 0.2) is 0 Å². The first kappa shape index (κ1) is 19.1. The van der Waals surface area contributed by atoms with Crippen LogP contribution >= 0.6 is 15.9 Å². The summed E-state index contributed by atoms with van der Waals surface area (Å²) in [5.74, 6) is 1.34. The molecule has 1 saturated carbocycles. The lowest BCUT2D eigenvalue weighted by Gasteiger charge is -2.08. The molecule has 1 heterocycles. The van der Waals surface area contributed by atoms with E-state index in [1.165, 1.54) is 22.0 Å². The van der Waals surface area contributed by atoms with Crippen LogP contribution in [0.1, 0.15) is 30.9 Å². The molecule has 4 rings (SSSR count). The zero-order chi connectivity index (χ0) is 19.5. The molecule has 4 nitrogen and oxygen atoms in total. The maximum absolute atomic E-state index is 11.9. The van der Waals surface area contributed by atoms with Gasteiger partial charge in [-0.3, -0.25) is 4.79 Å². The van der Waals surface area contributed by atoms with Crippen molar-refractivity contribution < 1.29 is 9.53 Å². The van der Waals surface area contributed by atoms with Crippen molar-refractivity contribution in [1.29, 1.82) is 0 Å². The number of carbonyl (C=O) groups is 1. The van der Waals surface area contributed by atoms with E-state index in [0.717, 1.165) is 36.0 Å². The standard InChI is InChI=1S/C23H25BrN2O2/c1-2-28-19-9-10-22-20(13-19)17(11-12-25-23(27)16-7-8-16)14-26(22)15-18-5-3-4-6-21(18)24/h3-6,9-10,13-14,16H,2,7-8,11-12,15H2,1H3,(H,25,27). The number of nitrogens with one attached hydrogen (secondary N) is 1. The van der Waals surface area contributed by atoms with Crippen molar-refractivity contribution >= 4 is 32.7 Å². The molecule has 1 N–H and O–H groups in total. The maximum atomic E-state index is 11.9. The number of aromatic nitrogens is 1. The number of fused-ring (bicyclic) bond motifs is 1. The van der Waals surface area contributed by atoms with Crippen molar-refractivity contribution in [1.82, 2.24) is 9.88 Å². The van der Waals surface area contributed by atoms with Gasteiger partial charge in [0, 0.05) is 40.6 Å². The van der Waals surface area contributed by atoms with Gasteiger partial charge in [-0.05, 0) is 61.6 Å². The van der Waals surface area contributed by atoms with Crippen LogP contribution in [0.15, 0.2) is 53.1 Å². The third-order valence-corrected chi connectivity index (χ3v) is 5.96. The topological polar surface area (TPSA) is 43.3 Å². The van der Waals surface area contributed by atoms with Crippen molar-refractivity contribution in [3.05, 3.63) is 64.3 Å². The van der Waals surface area contributed by atoms with Crippen LogP contribution in [0, 0.1) is 5.92 Å². The first-order valence-electron chi connectivity index (χ1n) is 9.91. The Morgan fingerprint density at radius 2 is 2.04 bits per heavy atom. The van der Waals surface area contributed by atoms with Crippen LogP contribution in [-0.4, -0.2) is 23.6 Å². The van der Waals surface area contributed by atoms with E-state index in [2.05, 4.69) is 62.3 Å². The van der Waals surface area contributed by atoms with Gasteiger partial charge in [-0.25, -0.2) is 0 Å². The number of hydrogen-bond donors (Lipinski definition) is 1. The van der Waals surface area contributed by atoms with Crippen LogP contribution in [0.25, 0.3) is 10.9 Å². The molecule has 1 aromatic heterocycles. The smallest absolute Gasteiger partial charge is 0.223 e. The van der Waals surface area contributed by atoms with Crippen LogP contribution < -0.4 is 10.1 Å². The predicted octanol–water partition coefficient (Wildman–Crippen LogP) is 4.92. The molecule has 146 valence electrons. The first-order valence-corrected chi connectivity index (χ1v) is 10.7. The minimum absolute atomic E-state index is 0.201. The molecule has 1 aliphatic rings. The van der Waals surface area contributed by atoms with Crippen LogP contribution in [0.5, 0.6) is 5.75 Å². The fourth-order valence-corrected chi connectivity index (χ4v) is 3.97. The minimum atomic E-state index is 0.201. The molecule has 0 bridgehead atoms. The van der Waals surface area contributed by atoms with E-state index in [0.29, 0.717) is 13.2 Å². The van der Waals surface area contributed by atoms with E-state index >= 15 is 0 Å². The van der Waals surface area contributed by atoms with Gasteiger partial charge in [0.25, 0.3) is 0 Å². The molecular formula is C23H25BrN2O2. The van der Waals surface area contributed by atoms with Gasteiger partial charge in [-0.1, -0.05) is 34.1 Å². The summed E-state index contributed by atoms with van der Waals surface area (Å²) >= 11 is 3.65. The fraction of sp³-hybridized carbons (Fsp3) is 0.348. The molecule has 2 aromatic carbocycles. The first-order chi connectivity index (χ1) is 13.7. The second-order valence-electron chi connectivity index (χ2n) is 7.30. The molecule has 3 aromatic rings. The summed E-state index contributed by atoms with van der Waals surface area (Å²) in [6.07, 6.45) is 5.10. The van der Waals surface area contributed by atoms with Gasteiger partial charge in [0.2, 0.25) is 5.91 Å². The quantitative estimate of drug-likeness (QED) is 0.539. The average Bonchev–Trinajstić information content (AvgIpc) is 3.49. The van der Waals surface area contributed by atoms with Crippen LogP contribution in [0.4, 0.5) is 0 Å². The van der Waals surface area contributed by atoms with Crippen LogP contribution in [-0.2, 0) is 17.8 Å². The lowest BCUT2D eigenvalue weighted by atomic mass is 10.1. The summed E-state index contributed by atoms with van der Waals surface area (Å²) in [5.41, 5.74) is 3.66. The highest BCUT2D eigenvalue weighted by Crippen LogP contribution is 2.30. The van der Waals surface area contributed by atoms with Crippen molar-refractivity contribution in [3.63, 3.8) is 0 Å². The zero-order valence-electron chi connectivity index (χ0n) is 16.1. The van der Waals surface area contributed by atoms with Gasteiger partial charge < -0.3 is 14.6 Å². The predicted molar refractivity (Wildman–Crippen MR) is 116 cm³/mol. The summed E-state index contributed by atoms with van der Waals surface area (Å²) < 4.78 is 9.10. The highest BCUT2D eigenvalue weighted by atomic mass is 79.9. The molecule has 0 spiro atoms. The molecule has 1 aliphatic carbocycles. The van der Waals surface area contributed by atoms with Crippen LogP contribution in [0.3, 0.4) is 0 Å². The molecule has 0 unspecified atom stereocenters. The lowest BCUT2D eigenvalue weighted by molar-refractivity contribution is -0.122. The van der Waals surface area contributed by atoms with Crippen LogP contribution in [0.2, 0.25) is 0 Å². The van der Waals surface area contributed by atoms with Crippen molar-refractivity contribution in [3.8, 4) is 5.75 Å². The third kappa shape index (κ3) is 4.25. The second kappa shape index (κ2) is 8.39. The molecule has 0 aliphatic heterocycles. The number of hydrogen-bond acceptors (Lipinski definition) is 2. The van der Waals surface area contributed by atoms with E-state index in [4.69, 9.17) is 4.74 Å². The largest absolute Gasteiger partial charge is 0.494 e. The summed E-state index contributed by atoms with van der Waals surface area (Å²) in [4.78, 5) is 11.9. The van der Waals surface area contributed by atoms with Gasteiger partial charge in [0.05, 0.1) is 6.61 Å². The summed E-state index contributed by atoms with van der Waals surface area (Å²) in [6, 6.07) is 14.6. The number of rotatable bonds is 8. The van der Waals surface area contributed by atoms with Crippen molar-refractivity contribution in [2.24, 2.45) is 5.92 Å². The zero-order valence-corrected chi connectivity index (χ0v) is 17.7. The number of carbonyl (C=O) groups excluding carboxylic acids is 1. The van der Waals surface area contributed by atoms with Gasteiger partial charge >= 0.3 is 0 Å². The average molecular weight is 441 g/mol. The van der Waals surface area contributed by atoms with Crippen molar-refractivity contribution in [2.45, 2.75) is 32.7 Å². The molecule has 28 heavy (non-hydrogen) atoms. The van der Waals surface area contributed by atoms with Gasteiger partial charge in [-0.2, -0.15) is 0 Å². The van der Waals surface area contributed by atoms with E-state index in [-0.39, 0.29) is 11.8 Å². The number of ether oxygens (including phenoxy) is 1. The Labute approximate surface area is 174 Å². The highest BCUT2D eigenvalue weighted by molar-refractivity contribution is 9.10. The highest BCUT2D eigenvalue weighted by Gasteiger charge is 2.29. The third-order valence-electron chi connectivity index (χ3n) is 5.19. The van der Waals surface area contributed by atoms with Gasteiger partial charge in [-0.15, -0.1) is 0 Å². The molecule has 5 heteroatoms. The van der Waals surface area contributed by atoms with E-state index in [1.807, 2.05) is 19.1 Å². The summed E-state index contributed by atoms with van der Waals surface area (Å²) in [5, 5.41) is 4.27. The monoisotopic (exact) mass is 440 g/mol. The van der Waals surface area contributed by atoms with E-state index < -0.39 is 0 Å². The van der Waals surface area contributed by atoms with Crippen molar-refractivity contribution in [2.75, 3.05) is 13.2 Å². The molecule has 0 saturated heterocycles. The summed E-state index contributed by atoms with van der Waals surface area (Å²) in [6.45, 7) is 4.11. The SMILES string of the molecule is CCOc1ccc2c(c1)c(CCNC(=O)C1CC1)cn2Cc1ccccc1Br. The number of halogens is 1. The number of nitrogens with zero attached hydrogens (tertiary/aromatic N) is 1. The number of benzene rings is 2. The van der Waals surface area contributed by atoms with E-state index in [9.17, 15) is 4.79 Å². The molecule has 0 radical (unpaired) electrons. The van der Waals surface area contributed by atoms with E-state index in [1.54, 1.807) is 0 Å². The lowest BCUT2D eigenvalue weighted by Crippen LogP contribution is -2.26. The molecule has 1 fully saturated rings. The summed E-state index contributed by atoms with van der Waals surface area (Å²) in [7, 11) is 0.